The van der Waals surface area contributed by atoms with Gasteiger partial charge in [-0.15, -0.1) is 0 Å². The van der Waals surface area contributed by atoms with E-state index in [9.17, 15) is 4.79 Å². The molecule has 1 aliphatic rings. The van der Waals surface area contributed by atoms with Crippen LogP contribution in [0.1, 0.15) is 35.5 Å². The monoisotopic (exact) mass is 405 g/mol. The molecule has 1 aliphatic heterocycles. The Labute approximate surface area is 171 Å². The first-order chi connectivity index (χ1) is 13.4. The zero-order chi connectivity index (χ0) is 20.1. The number of hydrogen-bond donors (Lipinski definition) is 0. The zero-order valence-electron chi connectivity index (χ0n) is 16.7. The van der Waals surface area contributed by atoms with Crippen molar-refractivity contribution in [3.05, 3.63) is 52.3 Å². The molecule has 6 nitrogen and oxygen atoms in total. The Kier molecular flexibility index (Phi) is 7.10. The van der Waals surface area contributed by atoms with E-state index >= 15 is 0 Å². The average Bonchev–Trinajstić information content (AvgIpc) is 2.94. The molecule has 1 unspecified atom stereocenters. The molecule has 3 rings (SSSR count). The molecule has 0 amide bonds. The first kappa shape index (κ1) is 20.8. The second kappa shape index (κ2) is 9.54. The number of nitrogens with zero attached hydrogens (tertiary/aromatic N) is 3. The number of hydrogen-bond acceptors (Lipinski definition) is 5. The number of morpholine rings is 1. The van der Waals surface area contributed by atoms with Crippen molar-refractivity contribution in [2.45, 2.75) is 33.4 Å². The van der Waals surface area contributed by atoms with Gasteiger partial charge in [0, 0.05) is 19.6 Å². The number of aromatic nitrogens is 2. The minimum absolute atomic E-state index is 0.116. The number of rotatable bonds is 7. The number of esters is 1. The molecule has 7 heteroatoms. The Morgan fingerprint density at radius 1 is 1.36 bits per heavy atom. The van der Waals surface area contributed by atoms with Crippen molar-refractivity contribution in [1.29, 1.82) is 0 Å². The highest BCUT2D eigenvalue weighted by atomic mass is 35.5. The van der Waals surface area contributed by atoms with Crippen LogP contribution in [0.25, 0.3) is 0 Å². The molecule has 1 aromatic heterocycles. The fourth-order valence-corrected chi connectivity index (χ4v) is 3.76. The molecule has 28 heavy (non-hydrogen) atoms. The summed E-state index contributed by atoms with van der Waals surface area (Å²) in [6.45, 7) is 10.2. The van der Waals surface area contributed by atoms with Crippen molar-refractivity contribution in [2.75, 3.05) is 32.8 Å². The molecule has 1 aromatic carbocycles. The molecule has 0 spiro atoms. The summed E-state index contributed by atoms with van der Waals surface area (Å²) in [7, 11) is 0. The second-order valence-electron chi connectivity index (χ2n) is 7.64. The molecule has 1 saturated heterocycles. The first-order valence-corrected chi connectivity index (χ1v) is 10.1. The number of carbonyl (C=O) groups is 1. The van der Waals surface area contributed by atoms with E-state index in [4.69, 9.17) is 21.1 Å². The van der Waals surface area contributed by atoms with Gasteiger partial charge in [-0.25, -0.2) is 9.48 Å². The lowest BCUT2D eigenvalue weighted by molar-refractivity contribution is -0.0612. The van der Waals surface area contributed by atoms with Gasteiger partial charge >= 0.3 is 5.97 Å². The molecule has 0 N–H and O–H groups in total. The van der Waals surface area contributed by atoms with Crippen LogP contribution in [0.5, 0.6) is 0 Å². The van der Waals surface area contributed by atoms with Gasteiger partial charge in [0.1, 0.15) is 23.4 Å². The summed E-state index contributed by atoms with van der Waals surface area (Å²) in [6, 6.07) is 9.87. The molecule has 1 fully saturated rings. The van der Waals surface area contributed by atoms with Crippen LogP contribution in [-0.2, 0) is 16.0 Å². The zero-order valence-corrected chi connectivity index (χ0v) is 17.5. The smallest absolute Gasteiger partial charge is 0.343 e. The lowest BCUT2D eigenvalue weighted by Crippen LogP contribution is -2.45. The van der Waals surface area contributed by atoms with Crippen molar-refractivity contribution in [3.8, 4) is 0 Å². The Morgan fingerprint density at radius 3 is 2.82 bits per heavy atom. The van der Waals surface area contributed by atoms with E-state index in [-0.39, 0.29) is 12.7 Å². The Morgan fingerprint density at radius 2 is 2.11 bits per heavy atom. The van der Waals surface area contributed by atoms with E-state index in [1.807, 2.05) is 30.3 Å². The van der Waals surface area contributed by atoms with Crippen molar-refractivity contribution in [2.24, 2.45) is 5.92 Å². The maximum atomic E-state index is 12.6. The van der Waals surface area contributed by atoms with Gasteiger partial charge in [0.05, 0.1) is 18.8 Å². The Balaban J connectivity index is 1.60. The van der Waals surface area contributed by atoms with Gasteiger partial charge in [0.25, 0.3) is 0 Å². The third-order valence-electron chi connectivity index (χ3n) is 4.69. The van der Waals surface area contributed by atoms with Gasteiger partial charge in [-0.1, -0.05) is 55.8 Å². The molecule has 0 radical (unpaired) electrons. The molecule has 0 aliphatic carbocycles. The summed E-state index contributed by atoms with van der Waals surface area (Å²) in [5.74, 6) is 0.143. The maximum Gasteiger partial charge on any atom is 0.343 e. The van der Waals surface area contributed by atoms with Crippen LogP contribution in [-0.4, -0.2) is 59.6 Å². The van der Waals surface area contributed by atoms with Crippen LogP contribution in [0.15, 0.2) is 30.3 Å². The molecular weight excluding hydrogens is 378 g/mol. The predicted octanol–water partition coefficient (Wildman–Crippen LogP) is 3.41. The van der Waals surface area contributed by atoms with Crippen LogP contribution in [0.4, 0.5) is 0 Å². The van der Waals surface area contributed by atoms with Crippen molar-refractivity contribution >= 4 is 17.6 Å². The predicted molar refractivity (Wildman–Crippen MR) is 109 cm³/mol. The Hall–Kier alpha value is -1.89. The standard InChI is InChI=1S/C21H28ClN3O3/c1-15(2)11-24-9-10-27-18(13-24)14-28-21(26)19-16(3)23-25(20(19)22)12-17-7-5-4-6-8-17/h4-8,15,18H,9-14H2,1-3H3. The van der Waals surface area contributed by atoms with Crippen molar-refractivity contribution < 1.29 is 14.3 Å². The van der Waals surface area contributed by atoms with E-state index < -0.39 is 5.97 Å². The molecule has 152 valence electrons. The maximum absolute atomic E-state index is 12.6. The summed E-state index contributed by atoms with van der Waals surface area (Å²) in [6.07, 6.45) is -0.116. The van der Waals surface area contributed by atoms with Gasteiger partial charge in [0.15, 0.2) is 0 Å². The van der Waals surface area contributed by atoms with Gasteiger partial charge in [0.2, 0.25) is 0 Å². The van der Waals surface area contributed by atoms with Gasteiger partial charge < -0.3 is 9.47 Å². The lowest BCUT2D eigenvalue weighted by Gasteiger charge is -2.33. The minimum atomic E-state index is -0.452. The van der Waals surface area contributed by atoms with Crippen molar-refractivity contribution in [1.82, 2.24) is 14.7 Å². The van der Waals surface area contributed by atoms with Crippen LogP contribution in [0.3, 0.4) is 0 Å². The Bertz CT molecular complexity index is 792. The van der Waals surface area contributed by atoms with E-state index in [2.05, 4.69) is 23.8 Å². The number of carbonyl (C=O) groups excluding carboxylic acids is 1. The second-order valence-corrected chi connectivity index (χ2v) is 8.00. The number of aryl methyl sites for hydroxylation is 1. The van der Waals surface area contributed by atoms with E-state index in [1.54, 1.807) is 11.6 Å². The van der Waals surface area contributed by atoms with E-state index in [0.717, 1.165) is 25.2 Å². The highest BCUT2D eigenvalue weighted by molar-refractivity contribution is 6.32. The SMILES string of the molecule is Cc1nn(Cc2ccccc2)c(Cl)c1C(=O)OCC1CN(CC(C)C)CCO1. The fourth-order valence-electron chi connectivity index (χ4n) is 3.45. The van der Waals surface area contributed by atoms with Gasteiger partial charge in [-0.05, 0) is 18.4 Å². The van der Waals surface area contributed by atoms with E-state index in [0.29, 0.717) is 35.5 Å². The number of ether oxygens (including phenoxy) is 2. The summed E-state index contributed by atoms with van der Waals surface area (Å²) < 4.78 is 12.9. The summed E-state index contributed by atoms with van der Waals surface area (Å²) >= 11 is 6.44. The average molecular weight is 406 g/mol. The summed E-state index contributed by atoms with van der Waals surface area (Å²) in [5.41, 5.74) is 1.96. The van der Waals surface area contributed by atoms with Gasteiger partial charge in [-0.2, -0.15) is 5.10 Å². The summed E-state index contributed by atoms with van der Waals surface area (Å²) in [4.78, 5) is 15.0. The highest BCUT2D eigenvalue weighted by Gasteiger charge is 2.25. The number of halogens is 1. The highest BCUT2D eigenvalue weighted by Crippen LogP contribution is 2.22. The molecule has 1 atom stereocenters. The fraction of sp³-hybridized carbons (Fsp3) is 0.524. The number of benzene rings is 1. The molecular formula is C21H28ClN3O3. The molecule has 0 bridgehead atoms. The molecule has 0 saturated carbocycles. The quantitative estimate of drug-likeness (QED) is 0.661. The largest absolute Gasteiger partial charge is 0.459 e. The molecule has 2 aromatic rings. The lowest BCUT2D eigenvalue weighted by atomic mass is 10.2. The summed E-state index contributed by atoms with van der Waals surface area (Å²) in [5, 5.41) is 4.71. The normalized spacial score (nSPS) is 17.8. The first-order valence-electron chi connectivity index (χ1n) is 9.72. The van der Waals surface area contributed by atoms with Gasteiger partial charge in [-0.3, -0.25) is 4.90 Å². The molecule has 2 heterocycles. The van der Waals surface area contributed by atoms with Crippen LogP contribution >= 0.6 is 11.6 Å². The van der Waals surface area contributed by atoms with Crippen molar-refractivity contribution in [3.63, 3.8) is 0 Å². The van der Waals surface area contributed by atoms with Crippen LogP contribution < -0.4 is 0 Å². The topological polar surface area (TPSA) is 56.6 Å². The van der Waals surface area contributed by atoms with E-state index in [1.165, 1.54) is 0 Å². The minimum Gasteiger partial charge on any atom is -0.459 e. The third kappa shape index (κ3) is 5.34. The third-order valence-corrected chi connectivity index (χ3v) is 5.08. The van der Waals surface area contributed by atoms with Crippen LogP contribution in [0.2, 0.25) is 5.15 Å². The van der Waals surface area contributed by atoms with Crippen LogP contribution in [0, 0.1) is 12.8 Å².